The molecule has 0 radical (unpaired) electrons. The van der Waals surface area contributed by atoms with Crippen molar-refractivity contribution in [3.8, 4) is 0 Å². The number of carbonyl (C=O) groups is 9. The van der Waals surface area contributed by atoms with Gasteiger partial charge in [-0.2, -0.15) is 0 Å². The van der Waals surface area contributed by atoms with Gasteiger partial charge in [-0.25, -0.2) is 4.79 Å². The number of aromatic amines is 1. The van der Waals surface area contributed by atoms with Gasteiger partial charge in [0.05, 0.1) is 12.5 Å². The van der Waals surface area contributed by atoms with Crippen molar-refractivity contribution in [2.45, 2.75) is 157 Å². The largest absolute Gasteiger partial charge is 0.480 e. The quantitative estimate of drug-likeness (QED) is 0.113. The number of nitrogens with zero attached hydrogens (tertiary/aromatic N) is 1. The number of aliphatic carboxylic acids is 1. The highest BCUT2D eigenvalue weighted by molar-refractivity contribution is 8.77. The summed E-state index contributed by atoms with van der Waals surface area (Å²) in [6, 6.07) is -2.13. The van der Waals surface area contributed by atoms with Crippen molar-refractivity contribution in [3.05, 3.63) is 36.0 Å². The predicted molar refractivity (Wildman–Crippen MR) is 260 cm³/mol. The van der Waals surface area contributed by atoms with E-state index in [-0.39, 0.29) is 44.5 Å². The molecule has 2 aliphatic heterocycles. The first kappa shape index (κ1) is 54.5. The summed E-state index contributed by atoms with van der Waals surface area (Å²) in [4.78, 5) is 128. The van der Waals surface area contributed by atoms with E-state index in [0.717, 1.165) is 35.7 Å². The lowest BCUT2D eigenvalue weighted by Gasteiger charge is -2.37. The number of carbonyl (C=O) groups excluding carboxylic acids is 8. The lowest BCUT2D eigenvalue weighted by molar-refractivity contribution is -0.145. The van der Waals surface area contributed by atoms with E-state index in [2.05, 4.69) is 36.9 Å². The molecule has 3 fully saturated rings. The molecule has 23 heteroatoms. The van der Waals surface area contributed by atoms with Gasteiger partial charge in [0.15, 0.2) is 0 Å². The Kier molecular flexibility index (Phi) is 20.1. The lowest BCUT2D eigenvalue weighted by atomic mass is 9.85. The fourth-order valence-electron chi connectivity index (χ4n) is 9.05. The minimum Gasteiger partial charge on any atom is -0.480 e. The molecule has 21 nitrogen and oxygen atoms in total. The monoisotopic (exact) mass is 1000 g/mol. The van der Waals surface area contributed by atoms with Crippen LogP contribution in [0.5, 0.6) is 0 Å². The minimum absolute atomic E-state index is 0.0192. The molecule has 1 spiro atoms. The van der Waals surface area contributed by atoms with Crippen LogP contribution < -0.4 is 43.4 Å². The lowest BCUT2D eigenvalue weighted by Crippen LogP contribution is -2.63. The number of carboxylic acids is 1. The van der Waals surface area contributed by atoms with E-state index in [4.69, 9.17) is 11.5 Å². The number of rotatable bonds is 14. The molecular weight excluding hydrogens is 933 g/mol. The van der Waals surface area contributed by atoms with Crippen molar-refractivity contribution in [2.75, 3.05) is 18.8 Å². The number of nitrogens with two attached hydrogens (primary N) is 2. The summed E-state index contributed by atoms with van der Waals surface area (Å²) in [7, 11) is 2.58. The number of carboxylic acid groups (broad SMARTS) is 1. The molecule has 69 heavy (non-hydrogen) atoms. The third kappa shape index (κ3) is 14.8. The van der Waals surface area contributed by atoms with Crippen molar-refractivity contribution in [1.82, 2.24) is 41.8 Å². The van der Waals surface area contributed by atoms with Crippen molar-refractivity contribution in [2.24, 2.45) is 17.4 Å². The summed E-state index contributed by atoms with van der Waals surface area (Å²) in [6.45, 7) is 5.03. The topological polar surface area (TPSA) is 337 Å². The van der Waals surface area contributed by atoms with Crippen molar-refractivity contribution in [1.29, 1.82) is 0 Å². The van der Waals surface area contributed by atoms with Crippen LogP contribution in [0.3, 0.4) is 0 Å². The number of primary amides is 1. The Hall–Kier alpha value is -5.39. The molecule has 380 valence electrons. The Labute approximate surface area is 409 Å². The Morgan fingerprint density at radius 1 is 0.899 bits per heavy atom. The molecule has 1 aromatic carbocycles. The molecular formula is C46H68N10O11S2. The van der Waals surface area contributed by atoms with Crippen LogP contribution in [0.4, 0.5) is 0 Å². The van der Waals surface area contributed by atoms with Crippen LogP contribution in [-0.4, -0.2) is 145 Å². The van der Waals surface area contributed by atoms with Crippen LogP contribution in [0, 0.1) is 5.92 Å². The minimum atomic E-state index is -1.73. The molecule has 13 N–H and O–H groups in total. The highest BCUT2D eigenvalue weighted by Gasteiger charge is 2.43. The second-order valence-electron chi connectivity index (χ2n) is 18.4. The van der Waals surface area contributed by atoms with Gasteiger partial charge in [0.25, 0.3) is 0 Å². The molecule has 2 saturated heterocycles. The van der Waals surface area contributed by atoms with Crippen LogP contribution in [0.1, 0.15) is 103 Å². The molecule has 9 atom stereocenters. The molecule has 1 aromatic heterocycles. The second kappa shape index (κ2) is 25.5. The van der Waals surface area contributed by atoms with Gasteiger partial charge in [-0.1, -0.05) is 79.3 Å². The van der Waals surface area contributed by atoms with Crippen LogP contribution >= 0.6 is 21.6 Å². The third-order valence-corrected chi connectivity index (χ3v) is 16.4. The van der Waals surface area contributed by atoms with Crippen molar-refractivity contribution < 1.29 is 53.4 Å². The Bertz CT molecular complexity index is 2190. The number of fused-ring (bicyclic) bond motifs is 1. The zero-order valence-corrected chi connectivity index (χ0v) is 41.0. The number of benzene rings is 1. The smallest absolute Gasteiger partial charge is 0.326 e. The average Bonchev–Trinajstić information content (AvgIpc) is 3.97. The zero-order valence-electron chi connectivity index (χ0n) is 39.4. The first-order valence-corrected chi connectivity index (χ1v) is 26.0. The van der Waals surface area contributed by atoms with Crippen LogP contribution in [-0.2, 0) is 49.6 Å². The van der Waals surface area contributed by atoms with E-state index < -0.39 is 119 Å². The van der Waals surface area contributed by atoms with Gasteiger partial charge in [0.1, 0.15) is 42.3 Å². The maximum atomic E-state index is 14.6. The number of aliphatic hydroxyl groups excluding tert-OH is 1. The SMILES string of the molecule is CC[C@H](C)[C@@H]1NC(=O)[C@@H](Cc2c[nH]c3ccccc23)NC(=O)CC2(CCCCC2)SSC[C@@H](C(=O)N2CCC[C@H]2C(=O)N[C@@H](CCCN)C(=O)O)NC(=O)[C@H](CC(N)=O)NC(=O)[C@H]([C@@H](C)O)NC1=O. The molecule has 2 aromatic rings. The first-order chi connectivity index (χ1) is 32.9. The number of nitrogens with one attached hydrogen (secondary N) is 7. The fraction of sp³-hybridized carbons (Fsp3) is 0.630. The molecule has 5 rings (SSSR count). The van der Waals surface area contributed by atoms with Gasteiger partial charge < -0.3 is 63.5 Å². The van der Waals surface area contributed by atoms with Crippen LogP contribution in [0.15, 0.2) is 30.5 Å². The molecule has 1 aliphatic carbocycles. The van der Waals surface area contributed by atoms with Crippen molar-refractivity contribution >= 4 is 85.7 Å². The number of para-hydroxylation sites is 1. The number of hydrogen-bond acceptors (Lipinski definition) is 13. The maximum Gasteiger partial charge on any atom is 0.326 e. The van der Waals surface area contributed by atoms with Gasteiger partial charge in [0, 0.05) is 47.0 Å². The number of amides is 8. The summed E-state index contributed by atoms with van der Waals surface area (Å²) >= 11 is 0. The number of aliphatic hydroxyl groups is 1. The van der Waals surface area contributed by atoms with Gasteiger partial charge >= 0.3 is 5.97 Å². The van der Waals surface area contributed by atoms with E-state index in [1.807, 2.05) is 24.3 Å². The Morgan fingerprint density at radius 2 is 1.58 bits per heavy atom. The molecule has 1 saturated carbocycles. The first-order valence-electron chi connectivity index (χ1n) is 23.7. The number of H-pyrrole nitrogens is 1. The highest BCUT2D eigenvalue weighted by atomic mass is 33.1. The normalized spacial score (nSPS) is 25.8. The summed E-state index contributed by atoms with van der Waals surface area (Å²) in [5.41, 5.74) is 12.7. The molecule has 3 heterocycles. The Balaban J connectivity index is 1.53. The van der Waals surface area contributed by atoms with Gasteiger partial charge in [-0.3, -0.25) is 38.4 Å². The molecule has 3 aliphatic rings. The average molecular weight is 1000 g/mol. The van der Waals surface area contributed by atoms with Gasteiger partial charge in [-0.15, -0.1) is 0 Å². The van der Waals surface area contributed by atoms with Gasteiger partial charge in [-0.05, 0) is 69.5 Å². The van der Waals surface area contributed by atoms with E-state index >= 15 is 0 Å². The summed E-state index contributed by atoms with van der Waals surface area (Å²) < 4.78 is -0.684. The summed E-state index contributed by atoms with van der Waals surface area (Å²) in [5.74, 6) is -8.34. The maximum absolute atomic E-state index is 14.6. The fourth-order valence-corrected chi connectivity index (χ4v) is 12.4. The summed E-state index contributed by atoms with van der Waals surface area (Å²) in [6.07, 6.45) is 4.55. The molecule has 8 amide bonds. The number of hydrogen-bond donors (Lipinski definition) is 11. The second-order valence-corrected chi connectivity index (χ2v) is 21.2. The van der Waals surface area contributed by atoms with E-state index in [1.54, 1.807) is 20.0 Å². The third-order valence-electron chi connectivity index (χ3n) is 13.1. The van der Waals surface area contributed by atoms with E-state index in [9.17, 15) is 53.4 Å². The van der Waals surface area contributed by atoms with Crippen LogP contribution in [0.25, 0.3) is 10.9 Å². The van der Waals surface area contributed by atoms with E-state index in [1.165, 1.54) is 33.4 Å². The number of aromatic nitrogens is 1. The Morgan fingerprint density at radius 3 is 2.25 bits per heavy atom. The van der Waals surface area contributed by atoms with Crippen molar-refractivity contribution in [3.63, 3.8) is 0 Å². The highest BCUT2D eigenvalue weighted by Crippen LogP contribution is 2.48. The predicted octanol–water partition coefficient (Wildman–Crippen LogP) is 0.224. The van der Waals surface area contributed by atoms with Gasteiger partial charge in [0.2, 0.25) is 47.3 Å². The molecule has 0 bridgehead atoms. The zero-order chi connectivity index (χ0) is 50.4. The van der Waals surface area contributed by atoms with Crippen LogP contribution in [0.2, 0.25) is 0 Å². The number of likely N-dealkylation sites (tertiary alicyclic amines) is 1. The standard InChI is InChI=1S/C46H68N10O11S2/c1-4-25(2)37-42(63)55-38(26(3)57)43(64)52-32(21-35(48)58)39(60)53-33(44(65)56-19-11-15-34(56)41(62)51-30(45(66)67)14-10-18-47)24-68-69-46(16-8-5-9-17-46)22-36(59)50-31(40(61)54-37)20-27-23-49-29-13-7-6-12-28(27)29/h6-7,12-13,23,25-26,30-34,37-38,49,57H,4-5,8-11,14-22,24,47H2,1-3H3,(H2,48,58)(H,50,59)(H,51,62)(H,52,64)(H,53,60)(H,54,61)(H,55,63)(H,66,67)/t25-,26+,30-,31+,32-,33-,34-,37-,38-/m0/s1. The summed E-state index contributed by atoms with van der Waals surface area (Å²) in [5, 5.41) is 37.4. The van der Waals surface area contributed by atoms with E-state index in [0.29, 0.717) is 32.1 Å². The molecule has 0 unspecified atom stereocenters.